The molecule has 2 aromatic rings. The Kier molecular flexibility index (Phi) is 4.66. The molecule has 0 spiro atoms. The van der Waals surface area contributed by atoms with E-state index in [1.54, 1.807) is 19.2 Å². The maximum Gasteiger partial charge on any atom is 0.318 e. The Morgan fingerprint density at radius 1 is 1.05 bits per heavy atom. The molecule has 4 N–H and O–H groups in total. The SMILES string of the molecule is CNC(=O)Nc1ccc(NC(C)c2ccccc2O)cc1. The van der Waals surface area contributed by atoms with E-state index >= 15 is 0 Å². The van der Waals surface area contributed by atoms with E-state index in [1.165, 1.54) is 0 Å². The van der Waals surface area contributed by atoms with Crippen molar-refractivity contribution in [1.29, 1.82) is 0 Å². The minimum Gasteiger partial charge on any atom is -0.508 e. The van der Waals surface area contributed by atoms with Crippen molar-refractivity contribution in [2.75, 3.05) is 17.7 Å². The first kappa shape index (κ1) is 14.7. The molecule has 0 aliphatic rings. The van der Waals surface area contributed by atoms with Crippen LogP contribution in [0, 0.1) is 0 Å². The van der Waals surface area contributed by atoms with Crippen LogP contribution in [0.25, 0.3) is 0 Å². The molecule has 0 aliphatic heterocycles. The van der Waals surface area contributed by atoms with Gasteiger partial charge in [0.1, 0.15) is 5.75 Å². The highest BCUT2D eigenvalue weighted by atomic mass is 16.3. The first-order valence-electron chi connectivity index (χ1n) is 6.73. The van der Waals surface area contributed by atoms with E-state index in [2.05, 4.69) is 16.0 Å². The minimum absolute atomic E-state index is 0.0241. The Bertz CT molecular complexity index is 611. The van der Waals surface area contributed by atoms with Gasteiger partial charge in [-0.3, -0.25) is 0 Å². The Hall–Kier alpha value is -2.69. The first-order valence-corrected chi connectivity index (χ1v) is 6.73. The Labute approximate surface area is 124 Å². The van der Waals surface area contributed by atoms with Crippen molar-refractivity contribution in [3.05, 3.63) is 54.1 Å². The van der Waals surface area contributed by atoms with E-state index in [-0.39, 0.29) is 17.8 Å². The number of benzene rings is 2. The molecular formula is C16H19N3O2. The molecule has 0 heterocycles. The summed E-state index contributed by atoms with van der Waals surface area (Å²) < 4.78 is 0. The Balaban J connectivity index is 2.03. The lowest BCUT2D eigenvalue weighted by Crippen LogP contribution is -2.24. The number of carbonyl (C=O) groups is 1. The van der Waals surface area contributed by atoms with Gasteiger partial charge < -0.3 is 21.1 Å². The van der Waals surface area contributed by atoms with Crippen molar-refractivity contribution in [2.45, 2.75) is 13.0 Å². The largest absolute Gasteiger partial charge is 0.508 e. The van der Waals surface area contributed by atoms with Gasteiger partial charge in [0.15, 0.2) is 0 Å². The van der Waals surface area contributed by atoms with E-state index in [1.807, 2.05) is 43.3 Å². The molecule has 0 bridgehead atoms. The van der Waals surface area contributed by atoms with Crippen LogP contribution in [-0.4, -0.2) is 18.2 Å². The summed E-state index contributed by atoms with van der Waals surface area (Å²) in [6.07, 6.45) is 0. The van der Waals surface area contributed by atoms with Crippen molar-refractivity contribution in [3.63, 3.8) is 0 Å². The standard InChI is InChI=1S/C16H19N3O2/c1-11(14-5-3-4-6-15(14)20)18-12-7-9-13(10-8-12)19-16(21)17-2/h3-11,18,20H,1-2H3,(H2,17,19,21). The molecule has 110 valence electrons. The maximum absolute atomic E-state index is 11.2. The van der Waals surface area contributed by atoms with Crippen LogP contribution in [0.3, 0.4) is 0 Å². The molecule has 0 fully saturated rings. The minimum atomic E-state index is -0.252. The third-order valence-corrected chi connectivity index (χ3v) is 3.16. The molecule has 21 heavy (non-hydrogen) atoms. The van der Waals surface area contributed by atoms with E-state index in [0.29, 0.717) is 0 Å². The maximum atomic E-state index is 11.2. The monoisotopic (exact) mass is 285 g/mol. The molecule has 0 saturated carbocycles. The second-order valence-corrected chi connectivity index (χ2v) is 4.71. The van der Waals surface area contributed by atoms with Gasteiger partial charge in [-0.1, -0.05) is 18.2 Å². The van der Waals surface area contributed by atoms with E-state index in [9.17, 15) is 9.90 Å². The molecule has 0 radical (unpaired) electrons. The molecule has 2 rings (SSSR count). The molecule has 2 amide bonds. The number of phenols is 1. The third kappa shape index (κ3) is 3.89. The zero-order valence-electron chi connectivity index (χ0n) is 12.1. The second-order valence-electron chi connectivity index (χ2n) is 4.71. The second kappa shape index (κ2) is 6.65. The number of para-hydroxylation sites is 1. The van der Waals surface area contributed by atoms with Crippen LogP contribution in [0.1, 0.15) is 18.5 Å². The molecule has 5 nitrogen and oxygen atoms in total. The predicted octanol–water partition coefficient (Wildman–Crippen LogP) is 3.32. The Morgan fingerprint density at radius 3 is 2.29 bits per heavy atom. The number of aromatic hydroxyl groups is 1. The number of amides is 2. The normalized spacial score (nSPS) is 11.5. The topological polar surface area (TPSA) is 73.4 Å². The van der Waals surface area contributed by atoms with Gasteiger partial charge in [0.05, 0.1) is 6.04 Å². The summed E-state index contributed by atoms with van der Waals surface area (Å²) in [6, 6.07) is 14.3. The fourth-order valence-corrected chi connectivity index (χ4v) is 2.02. The van der Waals surface area contributed by atoms with Gasteiger partial charge in [-0.2, -0.15) is 0 Å². The average molecular weight is 285 g/mol. The molecule has 1 atom stereocenters. The average Bonchev–Trinajstić information content (AvgIpc) is 2.49. The van der Waals surface area contributed by atoms with Gasteiger partial charge in [0.25, 0.3) is 0 Å². The van der Waals surface area contributed by atoms with Crippen molar-refractivity contribution in [3.8, 4) is 5.75 Å². The lowest BCUT2D eigenvalue weighted by molar-refractivity contribution is 0.254. The summed E-state index contributed by atoms with van der Waals surface area (Å²) >= 11 is 0. The van der Waals surface area contributed by atoms with Crippen LogP contribution < -0.4 is 16.0 Å². The van der Waals surface area contributed by atoms with Crippen LogP contribution in [0.2, 0.25) is 0 Å². The number of hydrogen-bond donors (Lipinski definition) is 4. The smallest absolute Gasteiger partial charge is 0.318 e. The summed E-state index contributed by atoms with van der Waals surface area (Å²) in [7, 11) is 1.57. The van der Waals surface area contributed by atoms with Crippen molar-refractivity contribution in [1.82, 2.24) is 5.32 Å². The third-order valence-electron chi connectivity index (χ3n) is 3.16. The van der Waals surface area contributed by atoms with Crippen LogP contribution >= 0.6 is 0 Å². The molecule has 1 unspecified atom stereocenters. The molecule has 2 aromatic carbocycles. The number of anilines is 2. The van der Waals surface area contributed by atoms with E-state index in [4.69, 9.17) is 0 Å². The molecule has 0 saturated heterocycles. The number of nitrogens with one attached hydrogen (secondary N) is 3. The van der Waals surface area contributed by atoms with Gasteiger partial charge in [0, 0.05) is 24.0 Å². The highest BCUT2D eigenvalue weighted by Crippen LogP contribution is 2.26. The summed E-state index contributed by atoms with van der Waals surface area (Å²) in [5.74, 6) is 0.274. The van der Waals surface area contributed by atoms with Crippen LogP contribution in [-0.2, 0) is 0 Å². The summed E-state index contributed by atoms with van der Waals surface area (Å²) in [4.78, 5) is 11.2. The van der Waals surface area contributed by atoms with Crippen molar-refractivity contribution < 1.29 is 9.90 Å². The van der Waals surface area contributed by atoms with Gasteiger partial charge in [-0.25, -0.2) is 4.79 Å². The quantitative estimate of drug-likeness (QED) is 0.696. The first-order chi connectivity index (χ1) is 10.1. The highest BCUT2D eigenvalue weighted by Gasteiger charge is 2.09. The van der Waals surface area contributed by atoms with Crippen LogP contribution in [0.5, 0.6) is 5.75 Å². The van der Waals surface area contributed by atoms with Gasteiger partial charge in [-0.05, 0) is 37.3 Å². The Morgan fingerprint density at radius 2 is 1.67 bits per heavy atom. The molecular weight excluding hydrogens is 266 g/mol. The van der Waals surface area contributed by atoms with Gasteiger partial charge in [-0.15, -0.1) is 0 Å². The number of rotatable bonds is 4. The summed E-state index contributed by atoms with van der Waals surface area (Å²) in [6.45, 7) is 1.98. The highest BCUT2D eigenvalue weighted by molar-refractivity contribution is 5.89. The van der Waals surface area contributed by atoms with Gasteiger partial charge in [0.2, 0.25) is 0 Å². The lowest BCUT2D eigenvalue weighted by Gasteiger charge is -2.17. The lowest BCUT2D eigenvalue weighted by atomic mass is 10.1. The zero-order chi connectivity index (χ0) is 15.2. The number of urea groups is 1. The molecule has 5 heteroatoms. The summed E-state index contributed by atoms with van der Waals surface area (Å²) in [5, 5.41) is 18.3. The van der Waals surface area contributed by atoms with Crippen molar-refractivity contribution >= 4 is 17.4 Å². The predicted molar refractivity (Wildman–Crippen MR) is 84.7 cm³/mol. The van der Waals surface area contributed by atoms with Gasteiger partial charge >= 0.3 is 6.03 Å². The van der Waals surface area contributed by atoms with Crippen LogP contribution in [0.15, 0.2) is 48.5 Å². The van der Waals surface area contributed by atoms with Crippen LogP contribution in [0.4, 0.5) is 16.2 Å². The van der Waals surface area contributed by atoms with E-state index < -0.39 is 0 Å². The number of hydrogen-bond acceptors (Lipinski definition) is 3. The number of carbonyl (C=O) groups excluding carboxylic acids is 1. The fraction of sp³-hybridized carbons (Fsp3) is 0.188. The molecule has 0 aromatic heterocycles. The fourth-order valence-electron chi connectivity index (χ4n) is 2.02. The summed E-state index contributed by atoms with van der Waals surface area (Å²) in [5.41, 5.74) is 2.47. The zero-order valence-corrected chi connectivity index (χ0v) is 12.1. The van der Waals surface area contributed by atoms with Crippen molar-refractivity contribution in [2.24, 2.45) is 0 Å². The number of phenolic OH excluding ortho intramolecular Hbond substituents is 1. The van der Waals surface area contributed by atoms with E-state index in [0.717, 1.165) is 16.9 Å². The molecule has 0 aliphatic carbocycles.